The zero-order chi connectivity index (χ0) is 16.7. The first kappa shape index (κ1) is 15.3. The lowest BCUT2D eigenvalue weighted by Gasteiger charge is -2.28. The molecule has 120 valence electrons. The van der Waals surface area contributed by atoms with E-state index in [9.17, 15) is 14.1 Å². The quantitative estimate of drug-likeness (QED) is 0.884. The number of carbonyl (C=O) groups excluding carboxylic acids is 1. The molecule has 23 heavy (non-hydrogen) atoms. The van der Waals surface area contributed by atoms with Gasteiger partial charge in [-0.3, -0.25) is 4.79 Å². The van der Waals surface area contributed by atoms with Crippen molar-refractivity contribution in [2.45, 2.75) is 38.8 Å². The average Bonchev–Trinajstić information content (AvgIpc) is 2.84. The van der Waals surface area contributed by atoms with Gasteiger partial charge >= 0.3 is 0 Å². The van der Waals surface area contributed by atoms with Crippen molar-refractivity contribution in [3.05, 3.63) is 51.8 Å². The van der Waals surface area contributed by atoms with Crippen LogP contribution in [0.4, 0.5) is 10.2 Å². The van der Waals surface area contributed by atoms with Crippen molar-refractivity contribution < 1.29 is 9.18 Å². The summed E-state index contributed by atoms with van der Waals surface area (Å²) in [6.45, 7) is 5.74. The van der Waals surface area contributed by atoms with Gasteiger partial charge in [-0.25, -0.2) is 9.07 Å². The van der Waals surface area contributed by atoms with Crippen molar-refractivity contribution in [2.24, 2.45) is 5.18 Å². The van der Waals surface area contributed by atoms with Crippen LogP contribution in [0.1, 0.15) is 42.6 Å². The standard InChI is InChI=1S/C16H17FN4O2/c1-8(2)21-15-12(9(3)19-21)13(14(20-23)16(22)18-15)10-4-6-11(17)7-5-10/h4-8,13-14H,1-3H3,(H,18,22)/t13-,14+/m0/s1. The fourth-order valence-corrected chi connectivity index (χ4v) is 3.06. The Morgan fingerprint density at radius 3 is 2.52 bits per heavy atom. The second kappa shape index (κ2) is 5.57. The SMILES string of the molecule is Cc1nn(C(C)C)c2c1[C@H](c1ccc(F)cc1)[C@@H](N=O)C(=O)N2. The molecule has 3 rings (SSSR count). The first-order valence-corrected chi connectivity index (χ1v) is 7.41. The molecule has 1 aliphatic heterocycles. The highest BCUT2D eigenvalue weighted by Crippen LogP contribution is 2.41. The highest BCUT2D eigenvalue weighted by molar-refractivity contribution is 5.99. The van der Waals surface area contributed by atoms with Crippen LogP contribution in [0.5, 0.6) is 0 Å². The maximum absolute atomic E-state index is 13.2. The zero-order valence-corrected chi connectivity index (χ0v) is 13.1. The van der Waals surface area contributed by atoms with Gasteiger partial charge in [0.2, 0.25) is 0 Å². The third kappa shape index (κ3) is 2.42. The topological polar surface area (TPSA) is 76.3 Å². The summed E-state index contributed by atoms with van der Waals surface area (Å²) >= 11 is 0. The Balaban J connectivity index is 2.22. The third-order valence-electron chi connectivity index (χ3n) is 4.10. The lowest BCUT2D eigenvalue weighted by molar-refractivity contribution is -0.118. The summed E-state index contributed by atoms with van der Waals surface area (Å²) < 4.78 is 14.9. The van der Waals surface area contributed by atoms with Crippen molar-refractivity contribution in [1.29, 1.82) is 0 Å². The molecule has 7 heteroatoms. The van der Waals surface area contributed by atoms with Crippen molar-refractivity contribution in [3.8, 4) is 0 Å². The smallest absolute Gasteiger partial charge is 0.254 e. The van der Waals surface area contributed by atoms with E-state index in [1.165, 1.54) is 12.1 Å². The molecule has 2 heterocycles. The van der Waals surface area contributed by atoms with Gasteiger partial charge in [-0.2, -0.15) is 5.10 Å². The molecule has 1 aromatic heterocycles. The molecule has 0 saturated carbocycles. The fraction of sp³-hybridized carbons (Fsp3) is 0.375. The van der Waals surface area contributed by atoms with Crippen LogP contribution in [-0.2, 0) is 4.79 Å². The Hall–Kier alpha value is -2.57. The van der Waals surface area contributed by atoms with E-state index >= 15 is 0 Å². The summed E-state index contributed by atoms with van der Waals surface area (Å²) in [6.07, 6.45) is 0. The molecule has 1 amide bonds. The van der Waals surface area contributed by atoms with Crippen LogP contribution in [0.3, 0.4) is 0 Å². The van der Waals surface area contributed by atoms with E-state index in [1.807, 2.05) is 20.8 Å². The molecule has 1 aromatic carbocycles. The van der Waals surface area contributed by atoms with E-state index in [4.69, 9.17) is 0 Å². The van der Waals surface area contributed by atoms with Crippen LogP contribution in [0.25, 0.3) is 0 Å². The summed E-state index contributed by atoms with van der Waals surface area (Å²) in [4.78, 5) is 23.6. The minimum Gasteiger partial charge on any atom is -0.309 e. The number of rotatable bonds is 3. The van der Waals surface area contributed by atoms with E-state index in [0.29, 0.717) is 11.4 Å². The Labute approximate surface area is 132 Å². The molecule has 0 aliphatic carbocycles. The van der Waals surface area contributed by atoms with Gasteiger partial charge in [0, 0.05) is 17.5 Å². The van der Waals surface area contributed by atoms with Gasteiger partial charge in [-0.1, -0.05) is 17.3 Å². The molecule has 1 aliphatic rings. The summed E-state index contributed by atoms with van der Waals surface area (Å²) in [5, 5.41) is 10.2. The number of benzene rings is 1. The Bertz CT molecular complexity index is 767. The molecular formula is C16H17FN4O2. The molecule has 0 saturated heterocycles. The van der Waals surface area contributed by atoms with Gasteiger partial charge < -0.3 is 5.32 Å². The van der Waals surface area contributed by atoms with Gasteiger partial charge in [0.15, 0.2) is 6.04 Å². The van der Waals surface area contributed by atoms with Crippen molar-refractivity contribution in [3.63, 3.8) is 0 Å². The lowest BCUT2D eigenvalue weighted by Crippen LogP contribution is -2.38. The number of amides is 1. The number of hydrogen-bond acceptors (Lipinski definition) is 4. The second-order valence-electron chi connectivity index (χ2n) is 5.95. The van der Waals surface area contributed by atoms with E-state index < -0.39 is 17.9 Å². The molecule has 2 aromatic rings. The normalized spacial score (nSPS) is 20.3. The number of hydrogen-bond donors (Lipinski definition) is 1. The van der Waals surface area contributed by atoms with E-state index in [1.54, 1.807) is 16.8 Å². The van der Waals surface area contributed by atoms with Crippen LogP contribution < -0.4 is 5.32 Å². The van der Waals surface area contributed by atoms with Crippen LogP contribution in [-0.4, -0.2) is 21.7 Å². The minimum absolute atomic E-state index is 0.0485. The van der Waals surface area contributed by atoms with E-state index in [0.717, 1.165) is 11.3 Å². The van der Waals surface area contributed by atoms with Crippen LogP contribution in [0.15, 0.2) is 29.4 Å². The largest absolute Gasteiger partial charge is 0.309 e. The molecule has 0 bridgehead atoms. The number of nitroso groups, excluding NO2 is 1. The monoisotopic (exact) mass is 316 g/mol. The Morgan fingerprint density at radius 2 is 1.96 bits per heavy atom. The van der Waals surface area contributed by atoms with E-state index in [-0.39, 0.29) is 11.9 Å². The van der Waals surface area contributed by atoms with Gasteiger partial charge in [-0.05, 0) is 38.5 Å². The number of aromatic nitrogens is 2. The molecule has 0 radical (unpaired) electrons. The minimum atomic E-state index is -1.10. The number of halogens is 1. The van der Waals surface area contributed by atoms with Crippen LogP contribution >= 0.6 is 0 Å². The lowest BCUT2D eigenvalue weighted by atomic mass is 9.82. The van der Waals surface area contributed by atoms with Crippen molar-refractivity contribution >= 4 is 11.7 Å². The summed E-state index contributed by atoms with van der Waals surface area (Å²) in [6, 6.07) is 4.72. The van der Waals surface area contributed by atoms with Crippen molar-refractivity contribution in [2.75, 3.05) is 5.32 Å². The average molecular weight is 316 g/mol. The molecule has 0 fully saturated rings. The second-order valence-corrected chi connectivity index (χ2v) is 5.95. The van der Waals surface area contributed by atoms with Gasteiger partial charge in [0.05, 0.1) is 5.69 Å². The van der Waals surface area contributed by atoms with Crippen molar-refractivity contribution in [1.82, 2.24) is 9.78 Å². The summed E-state index contributed by atoms with van der Waals surface area (Å²) in [7, 11) is 0. The predicted molar refractivity (Wildman–Crippen MR) is 83.8 cm³/mol. The van der Waals surface area contributed by atoms with Crippen LogP contribution in [0, 0.1) is 17.6 Å². The first-order valence-electron chi connectivity index (χ1n) is 7.41. The van der Waals surface area contributed by atoms with E-state index in [2.05, 4.69) is 15.6 Å². The van der Waals surface area contributed by atoms with Gasteiger partial charge in [0.1, 0.15) is 11.6 Å². The highest BCUT2D eigenvalue weighted by atomic mass is 19.1. The molecule has 0 unspecified atom stereocenters. The van der Waals surface area contributed by atoms with Gasteiger partial charge in [0.25, 0.3) is 5.91 Å². The number of aryl methyl sites for hydroxylation is 1. The molecular weight excluding hydrogens is 299 g/mol. The Morgan fingerprint density at radius 1 is 1.30 bits per heavy atom. The predicted octanol–water partition coefficient (Wildman–Crippen LogP) is 3.13. The van der Waals surface area contributed by atoms with Crippen LogP contribution in [0.2, 0.25) is 0 Å². The molecule has 1 N–H and O–H groups in total. The maximum Gasteiger partial charge on any atom is 0.254 e. The van der Waals surface area contributed by atoms with Gasteiger partial charge in [-0.15, -0.1) is 4.91 Å². The number of fused-ring (bicyclic) bond motifs is 1. The number of anilines is 1. The highest BCUT2D eigenvalue weighted by Gasteiger charge is 2.42. The maximum atomic E-state index is 13.2. The third-order valence-corrected chi connectivity index (χ3v) is 4.10. The molecule has 6 nitrogen and oxygen atoms in total. The number of carbonyl (C=O) groups is 1. The Kier molecular flexibility index (Phi) is 3.71. The fourth-order valence-electron chi connectivity index (χ4n) is 3.06. The summed E-state index contributed by atoms with van der Waals surface area (Å²) in [5.74, 6) is -0.829. The summed E-state index contributed by atoms with van der Waals surface area (Å²) in [5.41, 5.74) is 2.14. The molecule has 0 spiro atoms. The number of nitrogens with zero attached hydrogens (tertiary/aromatic N) is 3. The molecule has 2 atom stereocenters. The number of nitrogens with one attached hydrogen (secondary N) is 1. The first-order chi connectivity index (χ1) is 10.9. The zero-order valence-electron chi connectivity index (χ0n) is 13.1.